The number of hydrogen-bond acceptors (Lipinski definition) is 4. The molecule has 1 N–H and O–H groups in total. The Morgan fingerprint density at radius 2 is 2.04 bits per heavy atom. The number of rotatable bonds is 8. The van der Waals surface area contributed by atoms with E-state index in [2.05, 4.69) is 5.32 Å². The van der Waals surface area contributed by atoms with E-state index in [9.17, 15) is 0 Å². The van der Waals surface area contributed by atoms with Gasteiger partial charge in [0.05, 0.1) is 13.2 Å². The van der Waals surface area contributed by atoms with Gasteiger partial charge in [0.15, 0.2) is 11.5 Å². The molecule has 4 nitrogen and oxygen atoms in total. The van der Waals surface area contributed by atoms with Crippen LogP contribution in [0.1, 0.15) is 24.0 Å². The van der Waals surface area contributed by atoms with Crippen molar-refractivity contribution in [3.05, 3.63) is 58.6 Å². The first-order chi connectivity index (χ1) is 12.3. The number of halogens is 2. The summed E-state index contributed by atoms with van der Waals surface area (Å²) in [6, 6.07) is 13.7. The summed E-state index contributed by atoms with van der Waals surface area (Å²) < 4.78 is 17.0. The van der Waals surface area contributed by atoms with Crippen molar-refractivity contribution in [2.24, 2.45) is 0 Å². The highest BCUT2D eigenvalue weighted by Gasteiger charge is 2.14. The lowest BCUT2D eigenvalue weighted by Crippen LogP contribution is -2.25. The Kier molecular flexibility index (Phi) is 8.52. The summed E-state index contributed by atoms with van der Waals surface area (Å²) in [5, 5.41) is 4.15. The van der Waals surface area contributed by atoms with Crippen LogP contribution in [0.25, 0.3) is 0 Å². The molecule has 26 heavy (non-hydrogen) atoms. The quantitative estimate of drug-likeness (QED) is 0.705. The summed E-state index contributed by atoms with van der Waals surface area (Å²) in [5.41, 5.74) is 2.11. The third-order valence-corrected chi connectivity index (χ3v) is 4.66. The van der Waals surface area contributed by atoms with Crippen LogP contribution in [0.3, 0.4) is 0 Å². The van der Waals surface area contributed by atoms with E-state index in [1.54, 1.807) is 7.11 Å². The smallest absolute Gasteiger partial charge is 0.161 e. The molecule has 0 saturated carbocycles. The molecule has 1 unspecified atom stereocenters. The maximum absolute atomic E-state index is 6.17. The number of ether oxygens (including phenoxy) is 3. The van der Waals surface area contributed by atoms with Crippen molar-refractivity contribution in [3.63, 3.8) is 0 Å². The van der Waals surface area contributed by atoms with Crippen molar-refractivity contribution in [2.45, 2.75) is 32.1 Å². The Hall–Kier alpha value is -1.46. The monoisotopic (exact) mass is 397 g/mol. The molecule has 142 valence electrons. The SMILES string of the molecule is COc1cc(CNCC2CCCO2)ccc1OCc1ccccc1Cl.Cl. The second-order valence-corrected chi connectivity index (χ2v) is 6.54. The first kappa shape index (κ1) is 20.8. The second kappa shape index (κ2) is 10.6. The van der Waals surface area contributed by atoms with Gasteiger partial charge in [-0.2, -0.15) is 0 Å². The van der Waals surface area contributed by atoms with E-state index in [0.29, 0.717) is 23.5 Å². The van der Waals surface area contributed by atoms with Gasteiger partial charge in [0.2, 0.25) is 0 Å². The maximum atomic E-state index is 6.17. The average molecular weight is 398 g/mol. The van der Waals surface area contributed by atoms with Crippen molar-refractivity contribution >= 4 is 24.0 Å². The van der Waals surface area contributed by atoms with Crippen LogP contribution in [0.5, 0.6) is 11.5 Å². The standard InChI is InChI=1S/C20H24ClNO3.ClH/c1-23-20-11-15(12-22-13-17-6-4-10-24-17)8-9-19(20)25-14-16-5-2-3-7-18(16)21;/h2-3,5,7-9,11,17,22H,4,6,10,12-14H2,1H3;1H. The Balaban J connectivity index is 0.00000243. The highest BCUT2D eigenvalue weighted by molar-refractivity contribution is 6.31. The molecule has 1 fully saturated rings. The van der Waals surface area contributed by atoms with Crippen molar-refractivity contribution in [1.82, 2.24) is 5.32 Å². The molecular weight excluding hydrogens is 373 g/mol. The fourth-order valence-electron chi connectivity index (χ4n) is 2.89. The van der Waals surface area contributed by atoms with E-state index >= 15 is 0 Å². The van der Waals surface area contributed by atoms with Gasteiger partial charge in [-0.25, -0.2) is 0 Å². The van der Waals surface area contributed by atoms with E-state index in [0.717, 1.165) is 49.4 Å². The maximum Gasteiger partial charge on any atom is 0.161 e. The number of benzene rings is 2. The van der Waals surface area contributed by atoms with Crippen LogP contribution in [0.2, 0.25) is 5.02 Å². The first-order valence-corrected chi connectivity index (χ1v) is 8.99. The molecule has 6 heteroatoms. The molecule has 0 bridgehead atoms. The Labute approximate surface area is 166 Å². The highest BCUT2D eigenvalue weighted by Crippen LogP contribution is 2.29. The number of methoxy groups -OCH3 is 1. The molecule has 0 spiro atoms. The van der Waals surface area contributed by atoms with Crippen LogP contribution in [0, 0.1) is 0 Å². The Bertz CT molecular complexity index is 691. The zero-order chi connectivity index (χ0) is 17.5. The van der Waals surface area contributed by atoms with Gasteiger partial charge in [0.1, 0.15) is 6.61 Å². The lowest BCUT2D eigenvalue weighted by Gasteiger charge is -2.14. The lowest BCUT2D eigenvalue weighted by atomic mass is 10.2. The molecule has 1 heterocycles. The Morgan fingerprint density at radius 1 is 1.19 bits per heavy atom. The number of hydrogen-bond donors (Lipinski definition) is 1. The van der Waals surface area contributed by atoms with Gasteiger partial charge in [-0.05, 0) is 36.6 Å². The third kappa shape index (κ3) is 5.78. The predicted octanol–water partition coefficient (Wildman–Crippen LogP) is 4.62. The zero-order valence-electron chi connectivity index (χ0n) is 14.9. The summed E-state index contributed by atoms with van der Waals surface area (Å²) in [5.74, 6) is 1.44. The highest BCUT2D eigenvalue weighted by atomic mass is 35.5. The minimum atomic E-state index is 0. The summed E-state index contributed by atoms with van der Waals surface area (Å²) in [4.78, 5) is 0. The molecule has 1 aliphatic rings. The van der Waals surface area contributed by atoms with Crippen LogP contribution in [0.15, 0.2) is 42.5 Å². The summed E-state index contributed by atoms with van der Waals surface area (Å²) in [6.45, 7) is 2.96. The van der Waals surface area contributed by atoms with Crippen LogP contribution in [0.4, 0.5) is 0 Å². The summed E-state index contributed by atoms with van der Waals surface area (Å²) in [7, 11) is 1.65. The van der Waals surface area contributed by atoms with Crippen LogP contribution in [-0.2, 0) is 17.9 Å². The van der Waals surface area contributed by atoms with Crippen molar-refractivity contribution in [3.8, 4) is 11.5 Å². The topological polar surface area (TPSA) is 39.7 Å². The van der Waals surface area contributed by atoms with Crippen molar-refractivity contribution in [1.29, 1.82) is 0 Å². The fourth-order valence-corrected chi connectivity index (χ4v) is 3.09. The molecule has 1 saturated heterocycles. The zero-order valence-corrected chi connectivity index (χ0v) is 16.4. The van der Waals surface area contributed by atoms with Gasteiger partial charge < -0.3 is 19.5 Å². The molecule has 0 amide bonds. The minimum absolute atomic E-state index is 0. The molecular formula is C20H25Cl2NO3. The fraction of sp³-hybridized carbons (Fsp3) is 0.400. The lowest BCUT2D eigenvalue weighted by molar-refractivity contribution is 0.110. The van der Waals surface area contributed by atoms with Crippen LogP contribution < -0.4 is 14.8 Å². The largest absolute Gasteiger partial charge is 0.493 e. The van der Waals surface area contributed by atoms with E-state index in [-0.39, 0.29) is 12.4 Å². The summed E-state index contributed by atoms with van der Waals surface area (Å²) >= 11 is 6.17. The van der Waals surface area contributed by atoms with Gasteiger partial charge in [-0.1, -0.05) is 35.9 Å². The molecule has 2 aromatic carbocycles. The van der Waals surface area contributed by atoms with Crippen molar-refractivity contribution in [2.75, 3.05) is 20.3 Å². The molecule has 0 radical (unpaired) electrons. The molecule has 1 aliphatic heterocycles. The Morgan fingerprint density at radius 3 is 2.77 bits per heavy atom. The van der Waals surface area contributed by atoms with E-state index < -0.39 is 0 Å². The van der Waals surface area contributed by atoms with Gasteiger partial charge in [0, 0.05) is 30.3 Å². The van der Waals surface area contributed by atoms with Gasteiger partial charge in [0.25, 0.3) is 0 Å². The summed E-state index contributed by atoms with van der Waals surface area (Å²) in [6.07, 6.45) is 2.66. The van der Waals surface area contributed by atoms with Gasteiger partial charge >= 0.3 is 0 Å². The predicted molar refractivity (Wildman–Crippen MR) is 107 cm³/mol. The van der Waals surface area contributed by atoms with Gasteiger partial charge in [-0.3, -0.25) is 0 Å². The van der Waals surface area contributed by atoms with Crippen molar-refractivity contribution < 1.29 is 14.2 Å². The average Bonchev–Trinajstić information content (AvgIpc) is 3.15. The van der Waals surface area contributed by atoms with Crippen LogP contribution in [-0.4, -0.2) is 26.4 Å². The van der Waals surface area contributed by atoms with E-state index in [1.165, 1.54) is 0 Å². The first-order valence-electron chi connectivity index (χ1n) is 8.61. The molecule has 1 atom stereocenters. The molecule has 2 aromatic rings. The second-order valence-electron chi connectivity index (χ2n) is 6.13. The molecule has 0 aromatic heterocycles. The van der Waals surface area contributed by atoms with E-state index in [4.69, 9.17) is 25.8 Å². The number of nitrogens with one attached hydrogen (secondary N) is 1. The molecule has 3 rings (SSSR count). The normalized spacial score (nSPS) is 16.2. The van der Waals surface area contributed by atoms with E-state index in [1.807, 2.05) is 42.5 Å². The third-order valence-electron chi connectivity index (χ3n) is 4.29. The molecule has 0 aliphatic carbocycles. The minimum Gasteiger partial charge on any atom is -0.493 e. The van der Waals surface area contributed by atoms with Crippen LogP contribution >= 0.6 is 24.0 Å². The van der Waals surface area contributed by atoms with Gasteiger partial charge in [-0.15, -0.1) is 12.4 Å².